The standard InChI is InChI=1S/C17H21F3.C2H6.C2H2/c1-12(14-8-3-2-4-9-14)6-5-7-13-10-15(18)17(20)16(19)11-13;2*1-2/h5-6,10-12,14H,2-4,7-9H2,1H3;1-2H3;1-2H/b6-5-;;. The van der Waals surface area contributed by atoms with Crippen molar-refractivity contribution >= 4 is 0 Å². The molecule has 0 saturated heterocycles. The molecule has 134 valence electrons. The molecule has 1 aliphatic rings. The second-order valence-electron chi connectivity index (χ2n) is 5.76. The van der Waals surface area contributed by atoms with Crippen LogP contribution in [0.5, 0.6) is 0 Å². The van der Waals surface area contributed by atoms with Crippen LogP contribution in [-0.2, 0) is 6.42 Å². The van der Waals surface area contributed by atoms with E-state index in [9.17, 15) is 13.2 Å². The van der Waals surface area contributed by atoms with Crippen molar-refractivity contribution in [1.29, 1.82) is 0 Å². The summed E-state index contributed by atoms with van der Waals surface area (Å²) in [5, 5.41) is 0. The smallest absolute Gasteiger partial charge is 0.194 e. The van der Waals surface area contributed by atoms with Crippen LogP contribution in [0.25, 0.3) is 0 Å². The molecule has 1 unspecified atom stereocenters. The minimum Gasteiger partial charge on any atom is -0.204 e. The van der Waals surface area contributed by atoms with Gasteiger partial charge in [0.2, 0.25) is 0 Å². The number of hydrogen-bond donors (Lipinski definition) is 0. The molecule has 1 saturated carbocycles. The summed E-state index contributed by atoms with van der Waals surface area (Å²) >= 11 is 0. The van der Waals surface area contributed by atoms with Gasteiger partial charge in [0.25, 0.3) is 0 Å². The van der Waals surface area contributed by atoms with Crippen molar-refractivity contribution in [2.45, 2.75) is 59.3 Å². The third-order valence-electron chi connectivity index (χ3n) is 4.23. The Labute approximate surface area is 145 Å². The SMILES string of the molecule is C#C.CC.CC(/C=C\Cc1cc(F)c(F)c(F)c1)C1CCCCC1. The molecule has 0 nitrogen and oxygen atoms in total. The van der Waals surface area contributed by atoms with E-state index in [1.54, 1.807) is 0 Å². The summed E-state index contributed by atoms with van der Waals surface area (Å²) in [4.78, 5) is 0. The van der Waals surface area contributed by atoms with Gasteiger partial charge in [0.1, 0.15) is 0 Å². The molecular formula is C21H29F3. The molecule has 3 heteroatoms. The Morgan fingerprint density at radius 1 is 1.04 bits per heavy atom. The first-order chi connectivity index (χ1) is 11.6. The quantitative estimate of drug-likeness (QED) is 0.326. The normalized spacial score (nSPS) is 15.8. The molecule has 0 spiro atoms. The van der Waals surface area contributed by atoms with Gasteiger partial charge in [0.15, 0.2) is 17.5 Å². The van der Waals surface area contributed by atoms with E-state index in [1.165, 1.54) is 32.1 Å². The lowest BCUT2D eigenvalue weighted by Gasteiger charge is -2.25. The Morgan fingerprint density at radius 2 is 1.54 bits per heavy atom. The third kappa shape index (κ3) is 7.25. The molecular weight excluding hydrogens is 309 g/mol. The van der Waals surface area contributed by atoms with E-state index < -0.39 is 17.5 Å². The van der Waals surface area contributed by atoms with Gasteiger partial charge in [-0.15, -0.1) is 12.8 Å². The third-order valence-corrected chi connectivity index (χ3v) is 4.23. The van der Waals surface area contributed by atoms with E-state index in [2.05, 4.69) is 25.8 Å². The fraction of sp³-hybridized carbons (Fsp3) is 0.524. The molecule has 0 aromatic heterocycles. The lowest BCUT2D eigenvalue weighted by atomic mass is 9.80. The Bertz CT molecular complexity index is 488. The maximum Gasteiger partial charge on any atom is 0.194 e. The minimum absolute atomic E-state index is 0.436. The topological polar surface area (TPSA) is 0 Å². The first-order valence-corrected chi connectivity index (χ1v) is 8.71. The van der Waals surface area contributed by atoms with Gasteiger partial charge in [-0.1, -0.05) is 52.2 Å². The summed E-state index contributed by atoms with van der Waals surface area (Å²) in [5.74, 6) is -2.41. The Morgan fingerprint density at radius 3 is 2.04 bits per heavy atom. The van der Waals surface area contributed by atoms with Gasteiger partial charge >= 0.3 is 0 Å². The van der Waals surface area contributed by atoms with Gasteiger partial charge in [-0.05, 0) is 48.8 Å². The Hall–Kier alpha value is -1.69. The monoisotopic (exact) mass is 338 g/mol. The molecule has 24 heavy (non-hydrogen) atoms. The van der Waals surface area contributed by atoms with Gasteiger partial charge in [0.05, 0.1) is 0 Å². The lowest BCUT2D eigenvalue weighted by Crippen LogP contribution is -2.13. The van der Waals surface area contributed by atoms with Crippen LogP contribution in [0.15, 0.2) is 24.3 Å². The second-order valence-corrected chi connectivity index (χ2v) is 5.76. The number of halogens is 3. The van der Waals surface area contributed by atoms with E-state index in [0.717, 1.165) is 18.1 Å². The fourth-order valence-corrected chi connectivity index (χ4v) is 2.96. The van der Waals surface area contributed by atoms with Gasteiger partial charge in [-0.25, -0.2) is 13.2 Å². The van der Waals surface area contributed by atoms with Crippen LogP contribution >= 0.6 is 0 Å². The Balaban J connectivity index is 0.00000123. The summed E-state index contributed by atoms with van der Waals surface area (Å²) in [5.41, 5.74) is 0.466. The molecule has 0 bridgehead atoms. The van der Waals surface area contributed by atoms with E-state index >= 15 is 0 Å². The molecule has 0 radical (unpaired) electrons. The van der Waals surface area contributed by atoms with Crippen LogP contribution in [0.4, 0.5) is 13.2 Å². The first-order valence-electron chi connectivity index (χ1n) is 8.71. The average Bonchev–Trinajstić information content (AvgIpc) is 2.63. The average molecular weight is 338 g/mol. The van der Waals surface area contributed by atoms with Gasteiger partial charge in [-0.3, -0.25) is 0 Å². The van der Waals surface area contributed by atoms with Crippen LogP contribution in [0.3, 0.4) is 0 Å². The molecule has 0 amide bonds. The van der Waals surface area contributed by atoms with Gasteiger partial charge < -0.3 is 0 Å². The molecule has 1 atom stereocenters. The number of rotatable bonds is 4. The summed E-state index contributed by atoms with van der Waals surface area (Å²) < 4.78 is 39.0. The zero-order valence-corrected chi connectivity index (χ0v) is 15.0. The first kappa shape index (κ1) is 22.3. The van der Waals surface area contributed by atoms with Crippen molar-refractivity contribution in [3.63, 3.8) is 0 Å². The van der Waals surface area contributed by atoms with E-state index in [4.69, 9.17) is 0 Å². The van der Waals surface area contributed by atoms with E-state index in [1.807, 2.05) is 19.9 Å². The fourth-order valence-electron chi connectivity index (χ4n) is 2.96. The number of benzene rings is 1. The van der Waals surface area contributed by atoms with Crippen molar-refractivity contribution in [2.75, 3.05) is 0 Å². The summed E-state index contributed by atoms with van der Waals surface area (Å²) in [6, 6.07) is 2.13. The van der Waals surface area contributed by atoms with E-state index in [-0.39, 0.29) is 0 Å². The lowest BCUT2D eigenvalue weighted by molar-refractivity contribution is 0.299. The molecule has 0 aliphatic heterocycles. The van der Waals surface area contributed by atoms with Crippen LogP contribution < -0.4 is 0 Å². The molecule has 2 rings (SSSR count). The van der Waals surface area contributed by atoms with Crippen molar-refractivity contribution in [2.24, 2.45) is 11.8 Å². The van der Waals surface area contributed by atoms with Crippen LogP contribution in [0, 0.1) is 42.1 Å². The molecule has 1 aliphatic carbocycles. The zero-order valence-electron chi connectivity index (χ0n) is 15.0. The van der Waals surface area contributed by atoms with Crippen LogP contribution in [0.2, 0.25) is 0 Å². The summed E-state index contributed by atoms with van der Waals surface area (Å²) in [7, 11) is 0. The predicted molar refractivity (Wildman–Crippen MR) is 96.1 cm³/mol. The van der Waals surface area contributed by atoms with Crippen molar-refractivity contribution in [1.82, 2.24) is 0 Å². The van der Waals surface area contributed by atoms with Gasteiger partial charge in [-0.2, -0.15) is 0 Å². The molecule has 1 fully saturated rings. The highest BCUT2D eigenvalue weighted by Gasteiger charge is 2.17. The summed E-state index contributed by atoms with van der Waals surface area (Å²) in [6.45, 7) is 6.19. The number of allylic oxidation sites excluding steroid dienone is 2. The highest BCUT2D eigenvalue weighted by Crippen LogP contribution is 2.30. The largest absolute Gasteiger partial charge is 0.204 e. The highest BCUT2D eigenvalue weighted by atomic mass is 19.2. The van der Waals surface area contributed by atoms with Crippen molar-refractivity contribution < 1.29 is 13.2 Å². The predicted octanol–water partition coefficient (Wildman–Crippen LogP) is 6.69. The van der Waals surface area contributed by atoms with Gasteiger partial charge in [0, 0.05) is 0 Å². The molecule has 0 N–H and O–H groups in total. The van der Waals surface area contributed by atoms with E-state index in [0.29, 0.717) is 17.9 Å². The number of hydrogen-bond acceptors (Lipinski definition) is 0. The summed E-state index contributed by atoms with van der Waals surface area (Å²) in [6.07, 6.45) is 19.0. The highest BCUT2D eigenvalue weighted by molar-refractivity contribution is 5.21. The minimum atomic E-state index is -1.40. The zero-order chi connectivity index (χ0) is 18.5. The maximum absolute atomic E-state index is 13.1. The molecule has 0 heterocycles. The van der Waals surface area contributed by atoms with Crippen molar-refractivity contribution in [3.8, 4) is 12.8 Å². The second kappa shape index (κ2) is 12.7. The van der Waals surface area contributed by atoms with Crippen LogP contribution in [0.1, 0.15) is 58.4 Å². The maximum atomic E-state index is 13.1. The molecule has 1 aromatic carbocycles. The molecule has 1 aromatic rings. The number of terminal acetylenes is 1. The van der Waals surface area contributed by atoms with Crippen LogP contribution in [-0.4, -0.2) is 0 Å². The Kier molecular flexibility index (Phi) is 11.8. The van der Waals surface area contributed by atoms with Crippen molar-refractivity contribution in [3.05, 3.63) is 47.3 Å².